The van der Waals surface area contributed by atoms with Gasteiger partial charge in [0.15, 0.2) is 11.5 Å². The molecule has 4 nitrogen and oxygen atoms in total. The van der Waals surface area contributed by atoms with Gasteiger partial charge in [0.05, 0.1) is 5.69 Å². The van der Waals surface area contributed by atoms with E-state index in [-0.39, 0.29) is 6.10 Å². The predicted molar refractivity (Wildman–Crippen MR) is 72.7 cm³/mol. The van der Waals surface area contributed by atoms with E-state index in [1.54, 1.807) is 0 Å². The highest BCUT2D eigenvalue weighted by Crippen LogP contribution is 2.31. The van der Waals surface area contributed by atoms with Gasteiger partial charge in [0, 0.05) is 19.2 Å². The number of imidazole rings is 1. The Labute approximate surface area is 113 Å². The fraction of sp³-hybridized carbons (Fsp3) is 0.400. The van der Waals surface area contributed by atoms with E-state index in [4.69, 9.17) is 9.47 Å². The molecule has 19 heavy (non-hydrogen) atoms. The third-order valence-electron chi connectivity index (χ3n) is 3.69. The molecule has 0 N–H and O–H groups in total. The van der Waals surface area contributed by atoms with Gasteiger partial charge in [-0.25, -0.2) is 4.98 Å². The number of hydrogen-bond acceptors (Lipinski definition) is 3. The molecule has 2 heterocycles. The van der Waals surface area contributed by atoms with Crippen LogP contribution in [0.5, 0.6) is 11.5 Å². The average Bonchev–Trinajstić information content (AvgIpc) is 2.66. The number of nitrogens with zero attached hydrogens (tertiary/aromatic N) is 2. The van der Waals surface area contributed by atoms with Crippen molar-refractivity contribution in [1.82, 2.24) is 9.55 Å². The van der Waals surface area contributed by atoms with Gasteiger partial charge < -0.3 is 14.0 Å². The van der Waals surface area contributed by atoms with Crippen molar-refractivity contribution >= 4 is 0 Å². The number of aryl methyl sites for hydroxylation is 1. The van der Waals surface area contributed by atoms with Crippen LogP contribution < -0.4 is 9.47 Å². The number of para-hydroxylation sites is 2. The number of fused-ring (bicyclic) bond motifs is 1. The van der Waals surface area contributed by atoms with Gasteiger partial charge in [-0.1, -0.05) is 12.1 Å². The Balaban J connectivity index is 1.77. The molecule has 0 saturated heterocycles. The van der Waals surface area contributed by atoms with E-state index in [9.17, 15) is 0 Å². The highest BCUT2D eigenvalue weighted by atomic mass is 16.6. The van der Waals surface area contributed by atoms with Gasteiger partial charge in [-0.3, -0.25) is 0 Å². The van der Waals surface area contributed by atoms with Crippen molar-refractivity contribution in [1.29, 1.82) is 0 Å². The van der Waals surface area contributed by atoms with Gasteiger partial charge in [-0.05, 0) is 26.0 Å². The predicted octanol–water partition coefficient (Wildman–Crippen LogP) is 2.42. The van der Waals surface area contributed by atoms with Crippen molar-refractivity contribution in [3.8, 4) is 11.5 Å². The molecular weight excluding hydrogens is 240 g/mol. The zero-order valence-corrected chi connectivity index (χ0v) is 11.5. The zero-order valence-electron chi connectivity index (χ0n) is 11.5. The Bertz CT molecular complexity index is 604. The first-order valence-corrected chi connectivity index (χ1v) is 6.52. The van der Waals surface area contributed by atoms with Crippen molar-refractivity contribution in [2.45, 2.75) is 26.4 Å². The molecule has 0 spiro atoms. The first-order chi connectivity index (χ1) is 9.15. The highest BCUT2D eigenvalue weighted by molar-refractivity contribution is 5.40. The van der Waals surface area contributed by atoms with Crippen molar-refractivity contribution in [3.05, 3.63) is 41.5 Å². The van der Waals surface area contributed by atoms with Gasteiger partial charge >= 0.3 is 0 Å². The fourth-order valence-electron chi connectivity index (χ4n) is 2.34. The Morgan fingerprint density at radius 1 is 1.26 bits per heavy atom. The second-order valence-electron chi connectivity index (χ2n) is 4.96. The first kappa shape index (κ1) is 12.1. The normalized spacial score (nSPS) is 17.5. The van der Waals surface area contributed by atoms with Gasteiger partial charge in [-0.15, -0.1) is 0 Å². The summed E-state index contributed by atoms with van der Waals surface area (Å²) in [6.07, 6.45) is 0.786. The van der Waals surface area contributed by atoms with Crippen LogP contribution in [0.1, 0.15) is 17.2 Å². The lowest BCUT2D eigenvalue weighted by atomic mass is 10.2. The summed E-state index contributed by atoms with van der Waals surface area (Å²) >= 11 is 0. The molecule has 0 aliphatic carbocycles. The van der Waals surface area contributed by atoms with Crippen LogP contribution in [0.25, 0.3) is 0 Å². The molecular formula is C15H18N2O2. The van der Waals surface area contributed by atoms with Gasteiger partial charge in [0.1, 0.15) is 18.5 Å². The van der Waals surface area contributed by atoms with E-state index in [0.717, 1.165) is 29.4 Å². The van der Waals surface area contributed by atoms with E-state index in [1.165, 1.54) is 5.69 Å². The zero-order chi connectivity index (χ0) is 13.4. The van der Waals surface area contributed by atoms with Crippen molar-refractivity contribution < 1.29 is 9.47 Å². The molecule has 1 aromatic carbocycles. The van der Waals surface area contributed by atoms with E-state index in [0.29, 0.717) is 6.61 Å². The summed E-state index contributed by atoms with van der Waals surface area (Å²) in [6.45, 7) is 4.69. The Hall–Kier alpha value is -1.97. The summed E-state index contributed by atoms with van der Waals surface area (Å²) in [6, 6.07) is 7.78. The van der Waals surface area contributed by atoms with Crippen LogP contribution in [0, 0.1) is 13.8 Å². The molecule has 1 atom stereocenters. The summed E-state index contributed by atoms with van der Waals surface area (Å²) in [5.41, 5.74) is 2.28. The molecule has 100 valence electrons. The topological polar surface area (TPSA) is 36.3 Å². The smallest absolute Gasteiger partial charge is 0.161 e. The number of benzene rings is 1. The molecule has 0 saturated carbocycles. The molecule has 4 heteroatoms. The molecule has 1 aromatic heterocycles. The first-order valence-electron chi connectivity index (χ1n) is 6.52. The summed E-state index contributed by atoms with van der Waals surface area (Å²) in [5.74, 6) is 2.69. The molecule has 0 amide bonds. The maximum absolute atomic E-state index is 5.96. The highest BCUT2D eigenvalue weighted by Gasteiger charge is 2.23. The summed E-state index contributed by atoms with van der Waals surface area (Å²) in [5, 5.41) is 0. The summed E-state index contributed by atoms with van der Waals surface area (Å²) in [7, 11) is 2.04. The average molecular weight is 258 g/mol. The van der Waals surface area contributed by atoms with Gasteiger partial charge in [0.25, 0.3) is 0 Å². The lowest BCUT2D eigenvalue weighted by Gasteiger charge is -2.26. The third-order valence-corrected chi connectivity index (χ3v) is 3.69. The molecule has 0 radical (unpaired) electrons. The monoisotopic (exact) mass is 258 g/mol. The summed E-state index contributed by atoms with van der Waals surface area (Å²) in [4.78, 5) is 4.59. The summed E-state index contributed by atoms with van der Waals surface area (Å²) < 4.78 is 13.8. The minimum absolute atomic E-state index is 0.0230. The van der Waals surface area contributed by atoms with E-state index in [1.807, 2.05) is 38.2 Å². The van der Waals surface area contributed by atoms with E-state index in [2.05, 4.69) is 16.5 Å². The van der Waals surface area contributed by atoms with E-state index >= 15 is 0 Å². The van der Waals surface area contributed by atoms with Crippen LogP contribution in [-0.4, -0.2) is 22.3 Å². The molecule has 1 unspecified atom stereocenters. The number of aromatic nitrogens is 2. The number of ether oxygens (including phenoxy) is 2. The molecule has 1 aliphatic heterocycles. The lowest BCUT2D eigenvalue weighted by Crippen LogP contribution is -2.32. The number of hydrogen-bond donors (Lipinski definition) is 0. The van der Waals surface area contributed by atoms with Gasteiger partial charge in [-0.2, -0.15) is 0 Å². The van der Waals surface area contributed by atoms with Crippen molar-refractivity contribution in [3.63, 3.8) is 0 Å². The van der Waals surface area contributed by atoms with Crippen LogP contribution in [0.4, 0.5) is 0 Å². The van der Waals surface area contributed by atoms with Gasteiger partial charge in [0.2, 0.25) is 0 Å². The van der Waals surface area contributed by atoms with Crippen LogP contribution in [0.3, 0.4) is 0 Å². The quantitative estimate of drug-likeness (QED) is 0.830. The molecule has 1 aliphatic rings. The maximum atomic E-state index is 5.96. The Morgan fingerprint density at radius 3 is 2.68 bits per heavy atom. The second kappa shape index (κ2) is 4.61. The third kappa shape index (κ3) is 2.18. The molecule has 2 aromatic rings. The molecule has 0 fully saturated rings. The standard InChI is InChI=1S/C15H18N2O2/c1-10-11(2)17(3)15(16-10)8-12-9-18-13-6-4-5-7-14(13)19-12/h4-7,12H,8-9H2,1-3H3. The Morgan fingerprint density at radius 2 is 2.00 bits per heavy atom. The maximum Gasteiger partial charge on any atom is 0.161 e. The fourth-order valence-corrected chi connectivity index (χ4v) is 2.34. The largest absolute Gasteiger partial charge is 0.486 e. The van der Waals surface area contributed by atoms with E-state index < -0.39 is 0 Å². The SMILES string of the molecule is Cc1nc(CC2COc3ccccc3O2)n(C)c1C. The second-order valence-corrected chi connectivity index (χ2v) is 4.96. The van der Waals surface area contributed by atoms with Crippen LogP contribution in [0.15, 0.2) is 24.3 Å². The molecule has 3 rings (SSSR count). The minimum atomic E-state index is 0.0230. The Kier molecular flexibility index (Phi) is 2.93. The number of rotatable bonds is 2. The van der Waals surface area contributed by atoms with Crippen LogP contribution in [0.2, 0.25) is 0 Å². The van der Waals surface area contributed by atoms with Crippen molar-refractivity contribution in [2.75, 3.05) is 6.61 Å². The van der Waals surface area contributed by atoms with Crippen LogP contribution in [-0.2, 0) is 13.5 Å². The minimum Gasteiger partial charge on any atom is -0.486 e. The lowest BCUT2D eigenvalue weighted by molar-refractivity contribution is 0.0894. The van der Waals surface area contributed by atoms with Crippen molar-refractivity contribution in [2.24, 2.45) is 7.05 Å². The molecule has 0 bridgehead atoms. The van der Waals surface area contributed by atoms with Crippen LogP contribution >= 0.6 is 0 Å².